The third-order valence-corrected chi connectivity index (χ3v) is 3.91. The highest BCUT2D eigenvalue weighted by molar-refractivity contribution is 5.39. The fourth-order valence-corrected chi connectivity index (χ4v) is 2.85. The van der Waals surface area contributed by atoms with Crippen molar-refractivity contribution >= 4 is 0 Å². The molecule has 112 valence electrons. The number of hydrogen-bond acceptors (Lipinski definition) is 4. The molecule has 2 N–H and O–H groups in total. The van der Waals surface area contributed by atoms with Crippen molar-refractivity contribution in [1.82, 2.24) is 4.90 Å². The van der Waals surface area contributed by atoms with Crippen LogP contribution >= 0.6 is 0 Å². The van der Waals surface area contributed by atoms with Gasteiger partial charge in [0.25, 0.3) is 0 Å². The molecule has 0 saturated carbocycles. The minimum Gasteiger partial charge on any atom is -0.493 e. The Bertz CT molecular complexity index is 396. The van der Waals surface area contributed by atoms with Gasteiger partial charge in [-0.2, -0.15) is 0 Å². The summed E-state index contributed by atoms with van der Waals surface area (Å²) in [5, 5.41) is 0. The number of rotatable bonds is 7. The average Bonchev–Trinajstić information content (AvgIpc) is 2.48. The fraction of sp³-hybridized carbons (Fsp3) is 0.625. The van der Waals surface area contributed by atoms with Gasteiger partial charge in [-0.15, -0.1) is 0 Å². The first-order valence-electron chi connectivity index (χ1n) is 7.51. The summed E-state index contributed by atoms with van der Waals surface area (Å²) in [6.07, 6.45) is 3.74. The molecule has 2 rings (SSSR count). The number of benzene rings is 1. The van der Waals surface area contributed by atoms with E-state index >= 15 is 0 Å². The van der Waals surface area contributed by atoms with E-state index in [1.807, 2.05) is 24.3 Å². The maximum atomic E-state index is 5.83. The van der Waals surface area contributed by atoms with Crippen LogP contribution < -0.4 is 15.2 Å². The molecule has 4 heteroatoms. The van der Waals surface area contributed by atoms with E-state index in [0.717, 1.165) is 43.5 Å². The number of nitrogens with two attached hydrogens (primary N) is 1. The van der Waals surface area contributed by atoms with Gasteiger partial charge >= 0.3 is 0 Å². The van der Waals surface area contributed by atoms with Crippen LogP contribution in [-0.2, 0) is 0 Å². The standard InChI is InChI=1S/C16H26N2O2/c1-19-15-6-2-3-7-16(15)20-12-11-18-10-4-5-14(13-18)8-9-17/h2-3,6-7,14H,4-5,8-13,17H2,1H3. The molecule has 1 aromatic carbocycles. The number of para-hydroxylation sites is 2. The SMILES string of the molecule is COc1ccccc1OCCN1CCCC(CCN)C1. The zero-order valence-electron chi connectivity index (χ0n) is 12.4. The van der Waals surface area contributed by atoms with Gasteiger partial charge in [-0.05, 0) is 50.4 Å². The molecule has 0 aliphatic carbocycles. The third-order valence-electron chi connectivity index (χ3n) is 3.91. The van der Waals surface area contributed by atoms with E-state index < -0.39 is 0 Å². The number of piperidine rings is 1. The van der Waals surface area contributed by atoms with Gasteiger partial charge in [0.15, 0.2) is 11.5 Å². The number of likely N-dealkylation sites (tertiary alicyclic amines) is 1. The molecule has 1 saturated heterocycles. The van der Waals surface area contributed by atoms with E-state index in [1.165, 1.54) is 19.4 Å². The lowest BCUT2D eigenvalue weighted by Crippen LogP contribution is -2.38. The first-order valence-corrected chi connectivity index (χ1v) is 7.51. The summed E-state index contributed by atoms with van der Waals surface area (Å²) in [4.78, 5) is 2.49. The van der Waals surface area contributed by atoms with Gasteiger partial charge in [0.1, 0.15) is 6.61 Å². The lowest BCUT2D eigenvalue weighted by atomic mass is 9.95. The van der Waals surface area contributed by atoms with Gasteiger partial charge in [0.2, 0.25) is 0 Å². The van der Waals surface area contributed by atoms with Crippen molar-refractivity contribution in [3.8, 4) is 11.5 Å². The lowest BCUT2D eigenvalue weighted by Gasteiger charge is -2.32. The number of nitrogens with zero attached hydrogens (tertiary/aromatic N) is 1. The molecule has 1 fully saturated rings. The lowest BCUT2D eigenvalue weighted by molar-refractivity contribution is 0.142. The Kier molecular flexibility index (Phi) is 6.15. The van der Waals surface area contributed by atoms with Crippen molar-refractivity contribution in [3.05, 3.63) is 24.3 Å². The summed E-state index contributed by atoms with van der Waals surface area (Å²) in [6, 6.07) is 7.80. The minimum atomic E-state index is 0.704. The van der Waals surface area contributed by atoms with Crippen molar-refractivity contribution < 1.29 is 9.47 Å². The summed E-state index contributed by atoms with van der Waals surface area (Å²) in [5.74, 6) is 2.39. The second-order valence-electron chi connectivity index (χ2n) is 5.39. The van der Waals surface area contributed by atoms with Crippen LogP contribution in [0.15, 0.2) is 24.3 Å². The van der Waals surface area contributed by atoms with E-state index in [9.17, 15) is 0 Å². The molecule has 1 aliphatic rings. The van der Waals surface area contributed by atoms with Crippen LogP contribution in [0.25, 0.3) is 0 Å². The molecule has 0 spiro atoms. The summed E-state index contributed by atoms with van der Waals surface area (Å²) >= 11 is 0. The second kappa shape index (κ2) is 8.12. The van der Waals surface area contributed by atoms with Gasteiger partial charge in [0.05, 0.1) is 7.11 Å². The quantitative estimate of drug-likeness (QED) is 0.830. The van der Waals surface area contributed by atoms with Crippen LogP contribution in [0.4, 0.5) is 0 Å². The Morgan fingerprint density at radius 2 is 2.10 bits per heavy atom. The van der Waals surface area contributed by atoms with Gasteiger partial charge < -0.3 is 15.2 Å². The zero-order valence-corrected chi connectivity index (χ0v) is 12.4. The van der Waals surface area contributed by atoms with E-state index in [0.29, 0.717) is 6.61 Å². The Balaban J connectivity index is 1.75. The Morgan fingerprint density at radius 3 is 2.85 bits per heavy atom. The molecule has 1 aliphatic heterocycles. The largest absolute Gasteiger partial charge is 0.493 e. The number of hydrogen-bond donors (Lipinski definition) is 1. The summed E-state index contributed by atoms with van der Waals surface area (Å²) in [7, 11) is 1.67. The van der Waals surface area contributed by atoms with Crippen LogP contribution in [0.3, 0.4) is 0 Å². The third kappa shape index (κ3) is 4.39. The molecule has 4 nitrogen and oxygen atoms in total. The van der Waals surface area contributed by atoms with Crippen molar-refractivity contribution in [3.63, 3.8) is 0 Å². The molecule has 0 aromatic heterocycles. The van der Waals surface area contributed by atoms with Gasteiger partial charge in [-0.1, -0.05) is 12.1 Å². The normalized spacial score (nSPS) is 19.8. The van der Waals surface area contributed by atoms with Crippen LogP contribution in [0, 0.1) is 5.92 Å². The highest BCUT2D eigenvalue weighted by Gasteiger charge is 2.18. The van der Waals surface area contributed by atoms with E-state index in [2.05, 4.69) is 4.90 Å². The molecule has 0 amide bonds. The molecular weight excluding hydrogens is 252 g/mol. The number of methoxy groups -OCH3 is 1. The maximum absolute atomic E-state index is 5.83. The summed E-state index contributed by atoms with van der Waals surface area (Å²) in [6.45, 7) is 4.81. The van der Waals surface area contributed by atoms with Crippen LogP contribution in [0.2, 0.25) is 0 Å². The Hall–Kier alpha value is -1.26. The zero-order chi connectivity index (χ0) is 14.2. The topological polar surface area (TPSA) is 47.7 Å². The van der Waals surface area contributed by atoms with Crippen LogP contribution in [0.5, 0.6) is 11.5 Å². The van der Waals surface area contributed by atoms with Gasteiger partial charge in [-0.3, -0.25) is 4.90 Å². The highest BCUT2D eigenvalue weighted by atomic mass is 16.5. The molecule has 20 heavy (non-hydrogen) atoms. The van der Waals surface area contributed by atoms with Gasteiger partial charge in [0, 0.05) is 13.1 Å². The van der Waals surface area contributed by atoms with Crippen molar-refractivity contribution in [1.29, 1.82) is 0 Å². The summed E-state index contributed by atoms with van der Waals surface area (Å²) < 4.78 is 11.1. The molecule has 1 unspecified atom stereocenters. The molecule has 1 aromatic rings. The molecule has 1 heterocycles. The van der Waals surface area contributed by atoms with Crippen molar-refractivity contribution in [2.75, 3.05) is 39.9 Å². The van der Waals surface area contributed by atoms with Gasteiger partial charge in [-0.25, -0.2) is 0 Å². The van der Waals surface area contributed by atoms with Crippen molar-refractivity contribution in [2.45, 2.75) is 19.3 Å². The predicted molar refractivity (Wildman–Crippen MR) is 81.3 cm³/mol. The molecular formula is C16H26N2O2. The molecule has 1 atom stereocenters. The smallest absolute Gasteiger partial charge is 0.161 e. The van der Waals surface area contributed by atoms with Crippen LogP contribution in [0.1, 0.15) is 19.3 Å². The Labute approximate surface area is 121 Å². The predicted octanol–water partition coefficient (Wildman–Crippen LogP) is 2.13. The molecule has 0 bridgehead atoms. The minimum absolute atomic E-state index is 0.704. The first-order chi connectivity index (χ1) is 9.83. The Morgan fingerprint density at radius 1 is 1.30 bits per heavy atom. The molecule has 0 radical (unpaired) electrons. The van der Waals surface area contributed by atoms with E-state index in [-0.39, 0.29) is 0 Å². The highest BCUT2D eigenvalue weighted by Crippen LogP contribution is 2.25. The van der Waals surface area contributed by atoms with Crippen molar-refractivity contribution in [2.24, 2.45) is 11.7 Å². The maximum Gasteiger partial charge on any atom is 0.161 e. The van der Waals surface area contributed by atoms with E-state index in [4.69, 9.17) is 15.2 Å². The van der Waals surface area contributed by atoms with E-state index in [1.54, 1.807) is 7.11 Å². The average molecular weight is 278 g/mol. The van der Waals surface area contributed by atoms with Crippen LogP contribution in [-0.4, -0.2) is 44.8 Å². The fourth-order valence-electron chi connectivity index (χ4n) is 2.85. The second-order valence-corrected chi connectivity index (χ2v) is 5.39. The first kappa shape index (κ1) is 15.1. The number of ether oxygens (including phenoxy) is 2. The monoisotopic (exact) mass is 278 g/mol. The summed E-state index contributed by atoms with van der Waals surface area (Å²) in [5.41, 5.74) is 5.66.